The number of fused-ring (bicyclic) bond motifs is 2. The normalized spacial score (nSPS) is 22.6. The molecule has 1 aliphatic carbocycles. The van der Waals surface area contributed by atoms with Crippen molar-refractivity contribution in [3.63, 3.8) is 0 Å². The lowest BCUT2D eigenvalue weighted by Crippen LogP contribution is -2.25. The van der Waals surface area contributed by atoms with E-state index < -0.39 is 82.6 Å². The van der Waals surface area contributed by atoms with E-state index in [0.29, 0.717) is 10.9 Å². The van der Waals surface area contributed by atoms with Gasteiger partial charge in [-0.25, -0.2) is 35.9 Å². The van der Waals surface area contributed by atoms with Crippen LogP contribution in [-0.4, -0.2) is 53.9 Å². The van der Waals surface area contributed by atoms with Gasteiger partial charge in [-0.3, -0.25) is 9.78 Å². The predicted octanol–water partition coefficient (Wildman–Crippen LogP) is 4.88. The molecule has 4 heterocycles. The lowest BCUT2D eigenvalue weighted by molar-refractivity contribution is 0.0938. The second-order valence-corrected chi connectivity index (χ2v) is 12.0. The Bertz CT molecular complexity index is 2070. The van der Waals surface area contributed by atoms with Gasteiger partial charge in [-0.1, -0.05) is 0 Å². The highest BCUT2D eigenvalue weighted by molar-refractivity contribution is 7.92. The molecule has 0 unspecified atom stereocenters. The average molecular weight is 622 g/mol. The number of alkyl halides is 3. The van der Waals surface area contributed by atoms with Crippen molar-refractivity contribution in [1.82, 2.24) is 20.3 Å². The molecule has 6 rings (SSSR count). The molecule has 1 aliphatic heterocycles. The van der Waals surface area contributed by atoms with Crippen LogP contribution in [0, 0.1) is 5.82 Å². The molecule has 1 saturated carbocycles. The van der Waals surface area contributed by atoms with E-state index in [-0.39, 0.29) is 40.4 Å². The molecule has 0 radical (unpaired) electrons. The van der Waals surface area contributed by atoms with Gasteiger partial charge in [0.15, 0.2) is 0 Å². The molecule has 3 aromatic heterocycles. The highest BCUT2D eigenvalue weighted by atomic mass is 32.2. The van der Waals surface area contributed by atoms with Crippen molar-refractivity contribution in [1.29, 1.82) is 0 Å². The number of pyridine rings is 3. The third kappa shape index (κ3) is 5.52. The van der Waals surface area contributed by atoms with Gasteiger partial charge < -0.3 is 14.8 Å². The molecule has 2 aliphatic rings. The predicted molar refractivity (Wildman–Crippen MR) is 146 cm³/mol. The van der Waals surface area contributed by atoms with Crippen LogP contribution in [0.25, 0.3) is 22.3 Å². The van der Waals surface area contributed by atoms with E-state index in [9.17, 15) is 30.8 Å². The number of hydrogen-bond donors (Lipinski definition) is 1. The minimum atomic E-state index is -4.60. The van der Waals surface area contributed by atoms with Gasteiger partial charge in [0.05, 0.1) is 68.2 Å². The summed E-state index contributed by atoms with van der Waals surface area (Å²) in [6.45, 7) is -7.85. The van der Waals surface area contributed by atoms with Crippen LogP contribution in [-0.2, 0) is 27.7 Å². The number of nitrogens with one attached hydrogen (secondary N) is 1. The van der Waals surface area contributed by atoms with Crippen molar-refractivity contribution in [3.8, 4) is 17.1 Å². The van der Waals surface area contributed by atoms with Gasteiger partial charge in [0.2, 0.25) is 15.3 Å². The average Bonchev–Trinajstić information content (AvgIpc) is 3.68. The molecule has 0 saturated heterocycles. The van der Waals surface area contributed by atoms with Gasteiger partial charge in [0.25, 0.3) is 11.8 Å². The van der Waals surface area contributed by atoms with Gasteiger partial charge >= 0.3 is 0 Å². The van der Waals surface area contributed by atoms with Gasteiger partial charge in [0, 0.05) is 33.2 Å². The quantitative estimate of drug-likeness (QED) is 0.290. The van der Waals surface area contributed by atoms with Crippen molar-refractivity contribution < 1.29 is 47.1 Å². The zero-order chi connectivity index (χ0) is 34.8. The highest BCUT2D eigenvalue weighted by Gasteiger charge is 2.59. The standard InChI is InChI=1S/C29H24F4N4O5S/c1-2-42-24-6-5-22(37-27(24)19-10-29(19,32)33)21-4-3-15-11-34-17(9-23(15)36-21)12-35-28(38)16-7-20(30)18-13-41-14-26(31)43(39,40)25(18)8-16/h3-9,11,19,26H,2,10,12-14H2,1H3,(H,35,38)/t19-,26+/m0/s1/i1D3,2D2. The molecule has 0 spiro atoms. The summed E-state index contributed by atoms with van der Waals surface area (Å²) in [7, 11) is -4.60. The van der Waals surface area contributed by atoms with Gasteiger partial charge in [-0.15, -0.1) is 0 Å². The van der Waals surface area contributed by atoms with Gasteiger partial charge in [-0.2, -0.15) is 0 Å². The number of amides is 1. The molecule has 1 aromatic carbocycles. The van der Waals surface area contributed by atoms with Crippen molar-refractivity contribution >= 4 is 26.6 Å². The van der Waals surface area contributed by atoms with Gasteiger partial charge in [0.1, 0.15) is 11.6 Å². The molecule has 1 N–H and O–H groups in total. The van der Waals surface area contributed by atoms with E-state index >= 15 is 0 Å². The number of aromatic nitrogens is 3. The summed E-state index contributed by atoms with van der Waals surface area (Å²) in [5, 5.41) is 3.05. The van der Waals surface area contributed by atoms with Crippen LogP contribution in [0.15, 0.2) is 53.6 Å². The number of halogens is 4. The number of hydrogen-bond acceptors (Lipinski definition) is 8. The summed E-state index contributed by atoms with van der Waals surface area (Å²) < 4.78 is 130. The third-order valence-corrected chi connectivity index (χ3v) is 8.87. The zero-order valence-corrected chi connectivity index (χ0v) is 22.7. The zero-order valence-electron chi connectivity index (χ0n) is 26.9. The number of nitrogens with zero attached hydrogens (tertiary/aromatic N) is 3. The van der Waals surface area contributed by atoms with E-state index in [2.05, 4.69) is 20.3 Å². The molecule has 224 valence electrons. The maximum Gasteiger partial charge on any atom is 0.257 e. The van der Waals surface area contributed by atoms with E-state index in [1.807, 2.05) is 0 Å². The molecule has 2 atom stereocenters. The lowest BCUT2D eigenvalue weighted by atomic mass is 10.1. The molecule has 14 heteroatoms. The van der Waals surface area contributed by atoms with Crippen molar-refractivity contribution in [2.45, 2.75) is 48.7 Å². The summed E-state index contributed by atoms with van der Waals surface area (Å²) in [4.78, 5) is 25.2. The lowest BCUT2D eigenvalue weighted by Gasteiger charge is -2.12. The van der Waals surface area contributed by atoms with E-state index in [1.54, 1.807) is 12.1 Å². The van der Waals surface area contributed by atoms with Crippen LogP contribution in [0.4, 0.5) is 17.6 Å². The van der Waals surface area contributed by atoms with Crippen LogP contribution in [0.5, 0.6) is 5.75 Å². The SMILES string of the molecule is [2H]C([2H])([2H])C([2H])([2H])Oc1ccc(-c2ccc3cnc(CNC(=O)c4cc(F)c5c(c4)S(=O)(=O)[C@@H](F)COC5)cc3n2)nc1[C@@H]1CC1(F)F. The molecule has 43 heavy (non-hydrogen) atoms. The van der Waals surface area contributed by atoms with E-state index in [4.69, 9.17) is 16.3 Å². The Hall–Kier alpha value is -4.17. The monoisotopic (exact) mass is 621 g/mol. The number of carbonyl (C=O) groups is 1. The fraction of sp³-hybridized carbons (Fsp3) is 0.310. The molecule has 1 amide bonds. The Morgan fingerprint density at radius 2 is 1.98 bits per heavy atom. The minimum absolute atomic E-state index is 0.115. The first-order chi connectivity index (χ1) is 22.4. The molecular formula is C29H24F4N4O5S. The van der Waals surface area contributed by atoms with Gasteiger partial charge in [-0.05, 0) is 49.3 Å². The first-order valence-electron chi connectivity index (χ1n) is 15.3. The van der Waals surface area contributed by atoms with Crippen molar-refractivity contribution in [2.75, 3.05) is 13.2 Å². The molecule has 1 fully saturated rings. The first-order valence-corrected chi connectivity index (χ1v) is 14.3. The Balaban J connectivity index is 1.25. The summed E-state index contributed by atoms with van der Waals surface area (Å²) in [6, 6.07) is 8.86. The van der Waals surface area contributed by atoms with Crippen LogP contribution in [0.1, 0.15) is 53.4 Å². The van der Waals surface area contributed by atoms with Crippen LogP contribution in [0.3, 0.4) is 0 Å². The Morgan fingerprint density at radius 1 is 1.21 bits per heavy atom. The Kier molecular flexibility index (Phi) is 5.87. The largest absolute Gasteiger partial charge is 0.492 e. The molecule has 9 nitrogen and oxygen atoms in total. The first kappa shape index (κ1) is 23.3. The summed E-state index contributed by atoms with van der Waals surface area (Å²) in [5.74, 6) is -6.90. The summed E-state index contributed by atoms with van der Waals surface area (Å²) in [5.41, 5.74) is -2.53. The second-order valence-electron chi connectivity index (χ2n) is 9.95. The fourth-order valence-corrected chi connectivity index (χ4v) is 6.04. The third-order valence-electron chi connectivity index (χ3n) is 7.08. The summed E-state index contributed by atoms with van der Waals surface area (Å²) in [6.07, 6.45) is 0.863. The number of benzene rings is 1. The smallest absolute Gasteiger partial charge is 0.257 e. The van der Waals surface area contributed by atoms with Crippen LogP contribution < -0.4 is 10.1 Å². The molecule has 0 bridgehead atoms. The maximum atomic E-state index is 14.8. The Labute approximate surface area is 250 Å². The van der Waals surface area contributed by atoms with Crippen molar-refractivity contribution in [2.24, 2.45) is 0 Å². The summed E-state index contributed by atoms with van der Waals surface area (Å²) >= 11 is 0. The number of sulfone groups is 1. The van der Waals surface area contributed by atoms with Crippen LogP contribution >= 0.6 is 0 Å². The number of rotatable bonds is 7. The molecule has 4 aromatic rings. The van der Waals surface area contributed by atoms with Crippen LogP contribution in [0.2, 0.25) is 0 Å². The highest BCUT2D eigenvalue weighted by Crippen LogP contribution is 2.57. The second kappa shape index (κ2) is 10.8. The van der Waals surface area contributed by atoms with E-state index in [0.717, 1.165) is 18.2 Å². The topological polar surface area (TPSA) is 120 Å². The number of ether oxygens (including phenoxy) is 2. The van der Waals surface area contributed by atoms with Crippen molar-refractivity contribution in [3.05, 3.63) is 77.0 Å². The Morgan fingerprint density at radius 3 is 2.74 bits per heavy atom. The van der Waals surface area contributed by atoms with E-state index in [1.165, 1.54) is 18.3 Å². The molecular weight excluding hydrogens is 592 g/mol. The number of carbonyl (C=O) groups excluding carboxylic acids is 1. The minimum Gasteiger partial charge on any atom is -0.492 e. The fourth-order valence-electron chi connectivity index (χ4n) is 4.69. The maximum absolute atomic E-state index is 14.8.